The molecule has 1 amide bonds. The fraction of sp³-hybridized carbons (Fsp3) is 0.348. The quantitative estimate of drug-likeness (QED) is 0.484. The van der Waals surface area contributed by atoms with E-state index in [1.807, 2.05) is 33.6 Å². The van der Waals surface area contributed by atoms with Gasteiger partial charge in [0, 0.05) is 37.6 Å². The Morgan fingerprint density at radius 2 is 1.84 bits per heavy atom. The molecule has 1 aromatic carbocycles. The van der Waals surface area contributed by atoms with Gasteiger partial charge in [-0.2, -0.15) is 5.10 Å². The predicted molar refractivity (Wildman–Crippen MR) is 123 cm³/mol. The van der Waals surface area contributed by atoms with Crippen LogP contribution in [0.2, 0.25) is 0 Å². The molecule has 0 spiro atoms. The average molecular weight is 436 g/mol. The van der Waals surface area contributed by atoms with Crippen molar-refractivity contribution in [1.82, 2.24) is 24.0 Å². The zero-order valence-corrected chi connectivity index (χ0v) is 18.3. The molecule has 0 saturated carbocycles. The summed E-state index contributed by atoms with van der Waals surface area (Å²) in [5.41, 5.74) is 2.64. The first-order valence-corrected chi connectivity index (χ1v) is 11.5. The summed E-state index contributed by atoms with van der Waals surface area (Å²) in [6.45, 7) is 5.99. The molecule has 0 atom stereocenters. The monoisotopic (exact) mass is 435 g/mol. The van der Waals surface area contributed by atoms with Gasteiger partial charge in [0.05, 0.1) is 10.2 Å². The lowest BCUT2D eigenvalue weighted by Gasteiger charge is -2.34. The van der Waals surface area contributed by atoms with Crippen molar-refractivity contribution in [3.05, 3.63) is 69.6 Å². The van der Waals surface area contributed by atoms with Crippen LogP contribution in [-0.4, -0.2) is 56.1 Å². The van der Waals surface area contributed by atoms with Gasteiger partial charge in [-0.05, 0) is 24.1 Å². The summed E-state index contributed by atoms with van der Waals surface area (Å²) >= 11 is 1.70. The average Bonchev–Trinajstić information content (AvgIpc) is 3.35. The second-order valence-electron chi connectivity index (χ2n) is 7.95. The molecule has 0 N–H and O–H groups in total. The van der Waals surface area contributed by atoms with Gasteiger partial charge in [-0.3, -0.25) is 18.9 Å². The number of fused-ring (bicyclic) bond motifs is 3. The minimum Gasteiger partial charge on any atom is -0.339 e. The highest BCUT2D eigenvalue weighted by Gasteiger charge is 2.22. The van der Waals surface area contributed by atoms with E-state index in [2.05, 4.69) is 35.1 Å². The molecule has 31 heavy (non-hydrogen) atoms. The highest BCUT2D eigenvalue weighted by atomic mass is 32.1. The van der Waals surface area contributed by atoms with E-state index < -0.39 is 0 Å². The summed E-state index contributed by atoms with van der Waals surface area (Å²) in [6, 6.07) is 14.4. The number of amides is 1. The fourth-order valence-electron chi connectivity index (χ4n) is 4.16. The normalized spacial score (nSPS) is 15.2. The SMILES string of the molecule is CCc1cc2c(cc3c(=O)n(CC(=O)N4CCN(Cc5ccccc5)CC4)ncn32)s1. The van der Waals surface area contributed by atoms with Gasteiger partial charge in [-0.15, -0.1) is 11.3 Å². The van der Waals surface area contributed by atoms with Crippen LogP contribution < -0.4 is 5.56 Å². The van der Waals surface area contributed by atoms with Crippen LogP contribution in [0, 0.1) is 0 Å². The van der Waals surface area contributed by atoms with E-state index in [1.54, 1.807) is 17.7 Å². The van der Waals surface area contributed by atoms with E-state index in [4.69, 9.17) is 0 Å². The Morgan fingerprint density at radius 3 is 2.58 bits per heavy atom. The first-order chi connectivity index (χ1) is 15.1. The maximum atomic E-state index is 12.9. The first kappa shape index (κ1) is 20.0. The zero-order chi connectivity index (χ0) is 21.4. The molecule has 1 fully saturated rings. The summed E-state index contributed by atoms with van der Waals surface area (Å²) in [7, 11) is 0. The van der Waals surface area contributed by atoms with Gasteiger partial charge in [0.2, 0.25) is 5.91 Å². The third kappa shape index (κ3) is 3.88. The Labute approximate surface area is 184 Å². The van der Waals surface area contributed by atoms with Crippen LogP contribution in [-0.2, 0) is 24.3 Å². The van der Waals surface area contributed by atoms with E-state index in [9.17, 15) is 9.59 Å². The van der Waals surface area contributed by atoms with Crippen LogP contribution in [0.3, 0.4) is 0 Å². The molecule has 8 heteroatoms. The third-order valence-electron chi connectivity index (χ3n) is 5.95. The lowest BCUT2D eigenvalue weighted by molar-refractivity contribution is -0.133. The van der Waals surface area contributed by atoms with Crippen molar-refractivity contribution in [2.75, 3.05) is 26.2 Å². The van der Waals surface area contributed by atoms with Crippen molar-refractivity contribution in [2.45, 2.75) is 26.4 Å². The molecule has 0 aliphatic carbocycles. The summed E-state index contributed by atoms with van der Waals surface area (Å²) in [6.07, 6.45) is 2.62. The van der Waals surface area contributed by atoms with Crippen molar-refractivity contribution in [3.8, 4) is 0 Å². The van der Waals surface area contributed by atoms with E-state index in [1.165, 1.54) is 15.1 Å². The molecule has 160 valence electrons. The Hall–Kier alpha value is -2.97. The van der Waals surface area contributed by atoms with Crippen LogP contribution in [0.25, 0.3) is 15.7 Å². The molecule has 1 aliphatic rings. The number of thiophene rings is 1. The molecule has 0 bridgehead atoms. The number of hydrogen-bond donors (Lipinski definition) is 0. The maximum absolute atomic E-state index is 12.9. The molecule has 0 unspecified atom stereocenters. The molecule has 1 aliphatic heterocycles. The fourth-order valence-corrected chi connectivity index (χ4v) is 5.19. The zero-order valence-electron chi connectivity index (χ0n) is 17.5. The van der Waals surface area contributed by atoms with Crippen LogP contribution in [0.15, 0.2) is 53.6 Å². The molecule has 0 radical (unpaired) electrons. The number of aromatic nitrogens is 3. The second kappa shape index (κ2) is 8.28. The molecule has 3 aromatic heterocycles. The largest absolute Gasteiger partial charge is 0.339 e. The van der Waals surface area contributed by atoms with Crippen molar-refractivity contribution in [1.29, 1.82) is 0 Å². The van der Waals surface area contributed by atoms with Gasteiger partial charge in [-0.1, -0.05) is 37.3 Å². The number of carbonyl (C=O) groups excluding carboxylic acids is 1. The molecular weight excluding hydrogens is 410 g/mol. The maximum Gasteiger partial charge on any atom is 0.291 e. The first-order valence-electron chi connectivity index (χ1n) is 10.7. The molecular formula is C23H25N5O2S. The second-order valence-corrected chi connectivity index (χ2v) is 9.12. The molecule has 5 rings (SSSR count). The number of piperazine rings is 1. The van der Waals surface area contributed by atoms with Crippen molar-refractivity contribution in [2.24, 2.45) is 0 Å². The lowest BCUT2D eigenvalue weighted by atomic mass is 10.2. The number of nitrogens with zero attached hydrogens (tertiary/aromatic N) is 5. The number of aryl methyl sites for hydroxylation is 1. The summed E-state index contributed by atoms with van der Waals surface area (Å²) in [5, 5.41) is 4.28. The lowest BCUT2D eigenvalue weighted by Crippen LogP contribution is -2.49. The molecule has 7 nitrogen and oxygen atoms in total. The van der Waals surface area contributed by atoms with Crippen molar-refractivity contribution < 1.29 is 4.79 Å². The van der Waals surface area contributed by atoms with Gasteiger partial charge in [0.25, 0.3) is 5.56 Å². The van der Waals surface area contributed by atoms with Crippen molar-refractivity contribution in [3.63, 3.8) is 0 Å². The molecule has 4 heterocycles. The minimum absolute atomic E-state index is 0.0208. The number of carbonyl (C=O) groups is 1. The van der Waals surface area contributed by atoms with E-state index in [0.29, 0.717) is 18.6 Å². The highest BCUT2D eigenvalue weighted by molar-refractivity contribution is 7.19. The van der Waals surface area contributed by atoms with E-state index in [-0.39, 0.29) is 18.0 Å². The Morgan fingerprint density at radius 1 is 1.06 bits per heavy atom. The predicted octanol–water partition coefficient (Wildman–Crippen LogP) is 2.62. The van der Waals surface area contributed by atoms with Crippen molar-refractivity contribution >= 4 is 33.0 Å². The Balaban J connectivity index is 1.26. The summed E-state index contributed by atoms with van der Waals surface area (Å²) in [5.74, 6) is -0.0556. The van der Waals surface area contributed by atoms with E-state index >= 15 is 0 Å². The minimum atomic E-state index is -0.222. The van der Waals surface area contributed by atoms with Gasteiger partial charge < -0.3 is 4.90 Å². The van der Waals surface area contributed by atoms with Gasteiger partial charge >= 0.3 is 0 Å². The number of rotatable bonds is 5. The Bertz CT molecular complexity index is 1280. The highest BCUT2D eigenvalue weighted by Crippen LogP contribution is 2.28. The molecule has 4 aromatic rings. The van der Waals surface area contributed by atoms with Crippen LogP contribution >= 0.6 is 11.3 Å². The molecule has 1 saturated heterocycles. The van der Waals surface area contributed by atoms with Gasteiger partial charge in [0.15, 0.2) is 0 Å². The van der Waals surface area contributed by atoms with Crippen LogP contribution in [0.1, 0.15) is 17.4 Å². The van der Waals surface area contributed by atoms with Gasteiger partial charge in [0.1, 0.15) is 18.4 Å². The van der Waals surface area contributed by atoms with Crippen LogP contribution in [0.4, 0.5) is 0 Å². The standard InChI is InChI=1S/C23H25N5O2S/c1-2-18-12-19-21(31-18)13-20-23(30)28(24-16-27(19)20)15-22(29)26-10-8-25(9-11-26)14-17-6-4-3-5-7-17/h3-7,12-13,16H,2,8-11,14-15H2,1H3. The third-order valence-corrected chi connectivity index (χ3v) is 7.16. The Kier molecular flexibility index (Phi) is 5.33. The van der Waals surface area contributed by atoms with Gasteiger partial charge in [-0.25, -0.2) is 4.68 Å². The summed E-state index contributed by atoms with van der Waals surface area (Å²) in [4.78, 5) is 31.2. The number of benzene rings is 1. The van der Waals surface area contributed by atoms with E-state index in [0.717, 1.165) is 36.3 Å². The summed E-state index contributed by atoms with van der Waals surface area (Å²) < 4.78 is 4.20. The smallest absolute Gasteiger partial charge is 0.291 e. The topological polar surface area (TPSA) is 62.9 Å². The van der Waals surface area contributed by atoms with Crippen LogP contribution in [0.5, 0.6) is 0 Å². The number of hydrogen-bond acceptors (Lipinski definition) is 5.